The molecule has 0 saturated heterocycles. The monoisotopic (exact) mass is 302 g/mol. The molecule has 2 aromatic rings. The van der Waals surface area contributed by atoms with Crippen LogP contribution in [0.3, 0.4) is 0 Å². The molecule has 0 amide bonds. The van der Waals surface area contributed by atoms with Gasteiger partial charge in [0.2, 0.25) is 0 Å². The zero-order valence-corrected chi connectivity index (χ0v) is 12.6. The van der Waals surface area contributed by atoms with Crippen LogP contribution < -0.4 is 10.3 Å². The maximum absolute atomic E-state index is 12.1. The highest BCUT2D eigenvalue weighted by Crippen LogP contribution is 2.22. The molecule has 6 heteroatoms. The number of benzene rings is 1. The van der Waals surface area contributed by atoms with Crippen LogP contribution in [0.1, 0.15) is 30.1 Å². The van der Waals surface area contributed by atoms with E-state index in [9.17, 15) is 14.7 Å². The molecule has 0 aliphatic heterocycles. The molecule has 0 atom stereocenters. The first-order valence-corrected chi connectivity index (χ1v) is 7.06. The molecular formula is C16H18N2O4. The molecule has 22 heavy (non-hydrogen) atoms. The van der Waals surface area contributed by atoms with Crippen molar-refractivity contribution in [2.45, 2.75) is 26.3 Å². The van der Waals surface area contributed by atoms with Crippen LogP contribution in [0.15, 0.2) is 35.1 Å². The Kier molecular flexibility index (Phi) is 4.93. The topological polar surface area (TPSA) is 81.4 Å². The van der Waals surface area contributed by atoms with Gasteiger partial charge >= 0.3 is 5.97 Å². The number of methoxy groups -OCH3 is 1. The lowest BCUT2D eigenvalue weighted by Gasteiger charge is -2.09. The average molecular weight is 302 g/mol. The molecule has 0 bridgehead atoms. The maximum Gasteiger partial charge on any atom is 0.341 e. The van der Waals surface area contributed by atoms with Crippen molar-refractivity contribution in [2.75, 3.05) is 7.11 Å². The number of carboxylic acid groups (broad SMARTS) is 1. The highest BCUT2D eigenvalue weighted by molar-refractivity contribution is 5.88. The van der Waals surface area contributed by atoms with E-state index in [2.05, 4.69) is 5.10 Å². The molecule has 1 aromatic carbocycles. The van der Waals surface area contributed by atoms with Crippen molar-refractivity contribution >= 4 is 5.97 Å². The van der Waals surface area contributed by atoms with Crippen molar-refractivity contribution in [3.63, 3.8) is 0 Å². The highest BCUT2D eigenvalue weighted by atomic mass is 16.5. The Labute approximate surface area is 128 Å². The minimum atomic E-state index is -1.25. The van der Waals surface area contributed by atoms with E-state index in [4.69, 9.17) is 4.74 Å². The summed E-state index contributed by atoms with van der Waals surface area (Å²) in [6, 6.07) is 8.43. The lowest BCUT2D eigenvalue weighted by Crippen LogP contribution is -2.29. The standard InChI is InChI=1S/C16H18N2O4/c1-3-4-8-18-15(19)13(16(20)21)10-14(17-18)11-6-5-7-12(9-11)22-2/h5-7,9-10H,3-4,8H2,1-2H3,(H,20,21). The Morgan fingerprint density at radius 1 is 1.36 bits per heavy atom. The number of nitrogens with zero attached hydrogens (tertiary/aromatic N) is 2. The first-order chi connectivity index (χ1) is 10.6. The third-order valence-electron chi connectivity index (χ3n) is 3.29. The lowest BCUT2D eigenvalue weighted by atomic mass is 10.1. The van der Waals surface area contributed by atoms with Gasteiger partial charge in [-0.2, -0.15) is 5.10 Å². The maximum atomic E-state index is 12.1. The van der Waals surface area contributed by atoms with Crippen molar-refractivity contribution in [3.8, 4) is 17.0 Å². The van der Waals surface area contributed by atoms with Crippen LogP contribution >= 0.6 is 0 Å². The number of carbonyl (C=O) groups is 1. The van der Waals surface area contributed by atoms with Crippen LogP contribution in [0.2, 0.25) is 0 Å². The molecule has 1 N–H and O–H groups in total. The Morgan fingerprint density at radius 2 is 2.14 bits per heavy atom. The molecule has 1 heterocycles. The number of unbranched alkanes of at least 4 members (excludes halogenated alkanes) is 1. The van der Waals surface area contributed by atoms with E-state index in [0.29, 0.717) is 23.6 Å². The van der Waals surface area contributed by atoms with E-state index in [0.717, 1.165) is 12.8 Å². The molecule has 0 spiro atoms. The van der Waals surface area contributed by atoms with Crippen LogP contribution in [0.5, 0.6) is 5.75 Å². The van der Waals surface area contributed by atoms with Crippen molar-refractivity contribution < 1.29 is 14.6 Å². The van der Waals surface area contributed by atoms with Gasteiger partial charge in [-0.15, -0.1) is 0 Å². The van der Waals surface area contributed by atoms with Gasteiger partial charge in [-0.25, -0.2) is 9.48 Å². The van der Waals surface area contributed by atoms with Gasteiger partial charge in [-0.1, -0.05) is 25.5 Å². The lowest BCUT2D eigenvalue weighted by molar-refractivity contribution is 0.0693. The van der Waals surface area contributed by atoms with Crippen LogP contribution in [0.25, 0.3) is 11.3 Å². The van der Waals surface area contributed by atoms with Gasteiger partial charge in [-0.3, -0.25) is 4.79 Å². The van der Waals surface area contributed by atoms with Crippen LogP contribution in [-0.2, 0) is 6.54 Å². The number of hydrogen-bond acceptors (Lipinski definition) is 4. The first kappa shape index (κ1) is 15.8. The molecule has 1 aromatic heterocycles. The highest BCUT2D eigenvalue weighted by Gasteiger charge is 2.15. The van der Waals surface area contributed by atoms with Crippen molar-refractivity contribution in [1.29, 1.82) is 0 Å². The third kappa shape index (κ3) is 3.33. The minimum Gasteiger partial charge on any atom is -0.497 e. The summed E-state index contributed by atoms with van der Waals surface area (Å²) in [6.45, 7) is 2.39. The molecule has 0 fully saturated rings. The van der Waals surface area contributed by atoms with Gasteiger partial charge in [0.05, 0.1) is 12.8 Å². The quantitative estimate of drug-likeness (QED) is 0.886. The number of aryl methyl sites for hydroxylation is 1. The van der Waals surface area contributed by atoms with Crippen molar-refractivity contribution in [3.05, 3.63) is 46.2 Å². The second kappa shape index (κ2) is 6.89. The summed E-state index contributed by atoms with van der Waals surface area (Å²) in [4.78, 5) is 23.4. The summed E-state index contributed by atoms with van der Waals surface area (Å²) in [5, 5.41) is 13.5. The van der Waals surface area contributed by atoms with Crippen molar-refractivity contribution in [2.24, 2.45) is 0 Å². The SMILES string of the molecule is CCCCn1nc(-c2cccc(OC)c2)cc(C(=O)O)c1=O. The molecule has 0 unspecified atom stereocenters. The minimum absolute atomic E-state index is 0.274. The van der Waals surface area contributed by atoms with Crippen LogP contribution in [-0.4, -0.2) is 28.0 Å². The van der Waals surface area contributed by atoms with Crippen LogP contribution in [0, 0.1) is 0 Å². The zero-order valence-electron chi connectivity index (χ0n) is 12.6. The number of aromatic nitrogens is 2. The number of rotatable bonds is 6. The molecule has 2 rings (SSSR count). The predicted octanol–water partition coefficient (Wildman–Crippen LogP) is 2.42. The van der Waals surface area contributed by atoms with E-state index in [-0.39, 0.29) is 5.56 Å². The number of aromatic carboxylic acids is 1. The number of carboxylic acids is 1. The van der Waals surface area contributed by atoms with E-state index >= 15 is 0 Å². The number of ether oxygens (including phenoxy) is 1. The zero-order chi connectivity index (χ0) is 16.1. The largest absolute Gasteiger partial charge is 0.497 e. The summed E-state index contributed by atoms with van der Waals surface area (Å²) in [5.74, 6) is -0.607. The Bertz CT molecular complexity index is 737. The summed E-state index contributed by atoms with van der Waals surface area (Å²) >= 11 is 0. The Hall–Kier alpha value is -2.63. The molecular weight excluding hydrogens is 284 g/mol. The normalized spacial score (nSPS) is 10.5. The van der Waals surface area contributed by atoms with Gasteiger partial charge in [0.15, 0.2) is 0 Å². The van der Waals surface area contributed by atoms with Crippen LogP contribution in [0.4, 0.5) is 0 Å². The summed E-state index contributed by atoms with van der Waals surface area (Å²) in [5.41, 5.74) is 0.288. The van der Waals surface area contributed by atoms with Gasteiger partial charge < -0.3 is 9.84 Å². The second-order valence-electron chi connectivity index (χ2n) is 4.86. The molecule has 0 aliphatic rings. The average Bonchev–Trinajstić information content (AvgIpc) is 2.53. The fourth-order valence-electron chi connectivity index (χ4n) is 2.08. The summed E-state index contributed by atoms with van der Waals surface area (Å²) in [7, 11) is 1.55. The Balaban J connectivity index is 2.57. The molecule has 0 aliphatic carbocycles. The van der Waals surface area contributed by atoms with E-state index in [1.54, 1.807) is 31.4 Å². The number of hydrogen-bond donors (Lipinski definition) is 1. The Morgan fingerprint density at radius 3 is 2.77 bits per heavy atom. The summed E-state index contributed by atoms with van der Waals surface area (Å²) in [6.07, 6.45) is 1.65. The smallest absolute Gasteiger partial charge is 0.341 e. The predicted molar refractivity (Wildman–Crippen MR) is 82.4 cm³/mol. The van der Waals surface area contributed by atoms with Crippen molar-refractivity contribution in [1.82, 2.24) is 9.78 Å². The van der Waals surface area contributed by atoms with Gasteiger partial charge in [0, 0.05) is 12.1 Å². The first-order valence-electron chi connectivity index (χ1n) is 7.06. The van der Waals surface area contributed by atoms with Gasteiger partial charge in [-0.05, 0) is 24.6 Å². The molecule has 0 saturated carbocycles. The van der Waals surface area contributed by atoms with Gasteiger partial charge in [0.1, 0.15) is 11.3 Å². The molecule has 0 radical (unpaired) electrons. The fraction of sp³-hybridized carbons (Fsp3) is 0.312. The second-order valence-corrected chi connectivity index (χ2v) is 4.86. The van der Waals surface area contributed by atoms with Gasteiger partial charge in [0.25, 0.3) is 5.56 Å². The van der Waals surface area contributed by atoms with E-state index in [1.807, 2.05) is 6.92 Å². The fourth-order valence-corrected chi connectivity index (χ4v) is 2.08. The van der Waals surface area contributed by atoms with E-state index < -0.39 is 11.5 Å². The van der Waals surface area contributed by atoms with E-state index in [1.165, 1.54) is 10.7 Å². The molecule has 116 valence electrons. The third-order valence-corrected chi connectivity index (χ3v) is 3.29. The summed E-state index contributed by atoms with van der Waals surface area (Å²) < 4.78 is 6.38. The molecule has 6 nitrogen and oxygen atoms in total.